The van der Waals surface area contributed by atoms with E-state index in [9.17, 15) is 14.0 Å². The molecule has 1 aliphatic carbocycles. The Morgan fingerprint density at radius 2 is 1.86 bits per heavy atom. The number of nitrogens with two attached hydrogens (primary N) is 1. The molecule has 4 fully saturated rings. The van der Waals surface area contributed by atoms with Crippen LogP contribution in [0.5, 0.6) is 0 Å². The lowest BCUT2D eigenvalue weighted by Gasteiger charge is -2.54. The number of quaternary nitrogens is 1. The third-order valence-electron chi connectivity index (χ3n) is 8.62. The molecule has 3 saturated heterocycles. The Balaban J connectivity index is 1.43. The quantitative estimate of drug-likeness (QED) is 0.387. The van der Waals surface area contributed by atoms with E-state index in [0.717, 1.165) is 51.6 Å². The molecule has 0 radical (unpaired) electrons. The Kier molecular flexibility index (Phi) is 6.57. The maximum absolute atomic E-state index is 14.2. The molecule has 2 bridgehead atoms. The summed E-state index contributed by atoms with van der Waals surface area (Å²) < 4.78 is 21.0. The van der Waals surface area contributed by atoms with Crippen molar-refractivity contribution < 1.29 is 23.2 Å². The number of aromatic nitrogens is 2. The molecule has 8 heteroatoms. The van der Waals surface area contributed by atoms with Gasteiger partial charge >= 0.3 is 5.97 Å². The maximum Gasteiger partial charge on any atom is 0.317 e. The van der Waals surface area contributed by atoms with Gasteiger partial charge in [-0.3, -0.25) is 19.6 Å². The molecule has 4 heterocycles. The number of amides is 1. The first-order valence-electron chi connectivity index (χ1n) is 12.8. The lowest BCUT2D eigenvalue weighted by Crippen LogP contribution is -2.67. The second-order valence-corrected chi connectivity index (χ2v) is 10.6. The molecule has 2 N–H and O–H groups in total. The highest BCUT2D eigenvalue weighted by atomic mass is 19.1. The predicted molar refractivity (Wildman–Crippen MR) is 127 cm³/mol. The van der Waals surface area contributed by atoms with Gasteiger partial charge in [0.1, 0.15) is 18.1 Å². The lowest BCUT2D eigenvalue weighted by molar-refractivity contribution is -0.965. The van der Waals surface area contributed by atoms with Crippen LogP contribution in [0.4, 0.5) is 4.39 Å². The summed E-state index contributed by atoms with van der Waals surface area (Å²) in [5, 5.41) is 0. The lowest BCUT2D eigenvalue weighted by atomic mass is 9.74. The summed E-state index contributed by atoms with van der Waals surface area (Å²) in [6.07, 6.45) is 11.4. The van der Waals surface area contributed by atoms with Gasteiger partial charge in [-0.15, -0.1) is 0 Å². The molecule has 0 spiro atoms. The number of halogens is 1. The fourth-order valence-corrected chi connectivity index (χ4v) is 6.79. The first-order chi connectivity index (χ1) is 16.9. The average molecular weight is 482 g/mol. The number of benzene rings is 1. The highest BCUT2D eigenvalue weighted by molar-refractivity contribution is 5.83. The first-order valence-corrected chi connectivity index (χ1v) is 12.8. The smallest absolute Gasteiger partial charge is 0.317 e. The third kappa shape index (κ3) is 4.44. The maximum atomic E-state index is 14.2. The molecule has 3 aliphatic heterocycles. The third-order valence-corrected chi connectivity index (χ3v) is 8.62. The van der Waals surface area contributed by atoms with Crippen LogP contribution in [0.25, 0.3) is 0 Å². The molecule has 2 aromatic rings. The van der Waals surface area contributed by atoms with Gasteiger partial charge in [0.05, 0.1) is 24.7 Å². The monoisotopic (exact) mass is 481 g/mol. The number of carbonyl (C=O) groups excluding carboxylic acids is 2. The zero-order valence-electron chi connectivity index (χ0n) is 20.1. The van der Waals surface area contributed by atoms with Crippen LogP contribution < -0.4 is 5.73 Å². The molecule has 6 rings (SSSR count). The van der Waals surface area contributed by atoms with Crippen LogP contribution >= 0.6 is 0 Å². The van der Waals surface area contributed by atoms with Crippen molar-refractivity contribution in [1.82, 2.24) is 9.97 Å². The van der Waals surface area contributed by atoms with Gasteiger partial charge < -0.3 is 15.0 Å². The van der Waals surface area contributed by atoms with Crippen molar-refractivity contribution >= 4 is 11.9 Å². The Hall–Kier alpha value is -2.87. The van der Waals surface area contributed by atoms with E-state index >= 15 is 0 Å². The molecule has 4 aliphatic rings. The van der Waals surface area contributed by atoms with E-state index in [2.05, 4.69) is 9.97 Å². The molecule has 1 aromatic carbocycles. The molecule has 1 aromatic heterocycles. The van der Waals surface area contributed by atoms with E-state index in [1.165, 1.54) is 12.1 Å². The molecule has 2 atom stereocenters. The molecule has 35 heavy (non-hydrogen) atoms. The standard InChI is InChI=1S/C27H33FN4O3/c28-21-7-5-6-20(16-21)27(10-3-1-2-4-11-27)26(34)35-23-18-32(14-8-19(23)9-15-32)24(25(29)33)22-17-30-12-13-31-22/h5-7,12-13,16-17,19,23-24H,1-4,8-11,14-15,18H2,(H-,29,33)/p+1/t19?,23-,24?,32?/m0/s1. The summed E-state index contributed by atoms with van der Waals surface area (Å²) in [4.78, 5) is 35.1. The summed E-state index contributed by atoms with van der Waals surface area (Å²) in [6.45, 7) is 2.11. The van der Waals surface area contributed by atoms with Crippen LogP contribution in [0.15, 0.2) is 42.9 Å². The highest BCUT2D eigenvalue weighted by Crippen LogP contribution is 2.45. The van der Waals surface area contributed by atoms with Crippen LogP contribution in [0.2, 0.25) is 0 Å². The minimum absolute atomic E-state index is 0.253. The van der Waals surface area contributed by atoms with Crippen molar-refractivity contribution in [3.63, 3.8) is 0 Å². The van der Waals surface area contributed by atoms with Crippen LogP contribution in [0.1, 0.15) is 68.7 Å². The summed E-state index contributed by atoms with van der Waals surface area (Å²) in [5.74, 6) is -0.767. The number of hydrogen-bond donors (Lipinski definition) is 1. The van der Waals surface area contributed by atoms with E-state index in [1.807, 2.05) is 6.07 Å². The van der Waals surface area contributed by atoms with Crippen molar-refractivity contribution in [2.75, 3.05) is 19.6 Å². The van der Waals surface area contributed by atoms with Crippen LogP contribution in [-0.4, -0.2) is 52.1 Å². The van der Waals surface area contributed by atoms with Crippen molar-refractivity contribution in [2.45, 2.75) is 68.9 Å². The minimum Gasteiger partial charge on any atom is -0.455 e. The topological polar surface area (TPSA) is 95.2 Å². The van der Waals surface area contributed by atoms with Crippen molar-refractivity contribution in [2.24, 2.45) is 11.7 Å². The van der Waals surface area contributed by atoms with Crippen molar-refractivity contribution in [1.29, 1.82) is 0 Å². The number of ether oxygens (including phenoxy) is 1. The van der Waals surface area contributed by atoms with Gasteiger partial charge in [-0.05, 0) is 30.5 Å². The van der Waals surface area contributed by atoms with Gasteiger partial charge in [0.25, 0.3) is 5.91 Å². The molecule has 186 valence electrons. The van der Waals surface area contributed by atoms with E-state index in [-0.39, 0.29) is 23.8 Å². The summed E-state index contributed by atoms with van der Waals surface area (Å²) in [6, 6.07) is 5.82. The van der Waals surface area contributed by atoms with Gasteiger partial charge in [0.15, 0.2) is 6.10 Å². The molecule has 7 nitrogen and oxygen atoms in total. The molecule has 1 unspecified atom stereocenters. The number of nitrogens with zero attached hydrogens (tertiary/aromatic N) is 3. The van der Waals surface area contributed by atoms with Gasteiger partial charge in [-0.25, -0.2) is 4.39 Å². The van der Waals surface area contributed by atoms with E-state index in [0.29, 0.717) is 35.1 Å². The molecular formula is C27H34FN4O3+. The van der Waals surface area contributed by atoms with E-state index in [1.54, 1.807) is 24.7 Å². The Morgan fingerprint density at radius 3 is 2.49 bits per heavy atom. The van der Waals surface area contributed by atoms with Crippen molar-refractivity contribution in [3.8, 4) is 0 Å². The number of esters is 1. The number of rotatable bonds is 6. The van der Waals surface area contributed by atoms with Gasteiger partial charge in [-0.1, -0.05) is 37.8 Å². The Bertz CT molecular complexity index is 1060. The zero-order chi connectivity index (χ0) is 24.5. The zero-order valence-corrected chi connectivity index (χ0v) is 20.1. The van der Waals surface area contributed by atoms with Gasteiger partial charge in [0, 0.05) is 31.2 Å². The van der Waals surface area contributed by atoms with E-state index in [4.69, 9.17) is 10.5 Å². The SMILES string of the molecule is NC(=O)C(c1cnccn1)[N+]12CCC(CC1)[C@@H](OC(=O)C1(c3cccc(F)c3)CCCCCC1)C2. The first kappa shape index (κ1) is 23.9. The second kappa shape index (κ2) is 9.64. The number of piperidine rings is 3. The molecule has 1 saturated carbocycles. The predicted octanol–water partition coefficient (Wildman–Crippen LogP) is 3.59. The van der Waals surface area contributed by atoms with Crippen LogP contribution in [-0.2, 0) is 19.7 Å². The Labute approximate surface area is 205 Å². The highest BCUT2D eigenvalue weighted by Gasteiger charge is 2.55. The van der Waals surface area contributed by atoms with Crippen LogP contribution in [0.3, 0.4) is 0 Å². The largest absolute Gasteiger partial charge is 0.455 e. The van der Waals surface area contributed by atoms with Crippen LogP contribution in [0, 0.1) is 11.7 Å². The number of hydrogen-bond acceptors (Lipinski definition) is 5. The molecular weight excluding hydrogens is 447 g/mol. The Morgan fingerprint density at radius 1 is 1.11 bits per heavy atom. The molecule has 1 amide bonds. The van der Waals surface area contributed by atoms with E-state index < -0.39 is 17.4 Å². The van der Waals surface area contributed by atoms with Gasteiger partial charge in [-0.2, -0.15) is 0 Å². The number of carbonyl (C=O) groups is 2. The normalized spacial score (nSPS) is 28.6. The number of primary amides is 1. The van der Waals surface area contributed by atoms with Crippen molar-refractivity contribution in [3.05, 3.63) is 59.9 Å². The average Bonchev–Trinajstić information content (AvgIpc) is 3.12. The second-order valence-electron chi connectivity index (χ2n) is 10.6. The fourth-order valence-electron chi connectivity index (χ4n) is 6.79. The summed E-state index contributed by atoms with van der Waals surface area (Å²) >= 11 is 0. The summed E-state index contributed by atoms with van der Waals surface area (Å²) in [5.41, 5.74) is 6.35. The summed E-state index contributed by atoms with van der Waals surface area (Å²) in [7, 11) is 0. The minimum atomic E-state index is -0.830. The van der Waals surface area contributed by atoms with Gasteiger partial charge in [0.2, 0.25) is 6.04 Å². The fraction of sp³-hybridized carbons (Fsp3) is 0.556. The number of fused-ring (bicyclic) bond motifs is 3.